The van der Waals surface area contributed by atoms with Gasteiger partial charge in [0.05, 0.1) is 6.61 Å². The van der Waals surface area contributed by atoms with Crippen LogP contribution < -0.4 is 10.4 Å². The summed E-state index contributed by atoms with van der Waals surface area (Å²) in [5.74, 6) is -2.07. The highest BCUT2D eigenvalue weighted by molar-refractivity contribution is 5.96. The van der Waals surface area contributed by atoms with E-state index in [9.17, 15) is 14.7 Å². The molecule has 2 aliphatic carbocycles. The molecule has 0 bridgehead atoms. The minimum absolute atomic E-state index is 0.0694. The Kier molecular flexibility index (Phi) is 4.76. The molecule has 180 valence electrons. The molecule has 1 aliphatic heterocycles. The number of halogens is 2. The number of carbonyl (C=O) groups excluding carboxylic acids is 1. The summed E-state index contributed by atoms with van der Waals surface area (Å²) in [4.78, 5) is 27.2. The van der Waals surface area contributed by atoms with Gasteiger partial charge in [-0.25, -0.2) is 8.78 Å². The quantitative estimate of drug-likeness (QED) is 0.623. The number of methoxy groups -OCH3 is 1. The number of hydrogen-bond donors (Lipinski definition) is 1. The van der Waals surface area contributed by atoms with E-state index in [0.29, 0.717) is 35.1 Å². The summed E-state index contributed by atoms with van der Waals surface area (Å²) >= 11 is 0. The zero-order valence-corrected chi connectivity index (χ0v) is 19.0. The van der Waals surface area contributed by atoms with E-state index in [1.165, 1.54) is 41.1 Å². The van der Waals surface area contributed by atoms with Gasteiger partial charge in [-0.1, -0.05) is 24.3 Å². The predicted octanol–water partition coefficient (Wildman–Crippen LogP) is 2.50. The zero-order valence-electron chi connectivity index (χ0n) is 19.0. The Labute approximate surface area is 199 Å². The summed E-state index contributed by atoms with van der Waals surface area (Å²) in [7, 11) is 1.52. The fraction of sp³-hybridized carbons (Fsp3) is 0.308. The van der Waals surface area contributed by atoms with Crippen molar-refractivity contribution in [2.45, 2.75) is 18.4 Å². The molecule has 1 amide bonds. The number of fused-ring (bicyclic) bond motifs is 6. The maximum Gasteiger partial charge on any atom is 0.277 e. The molecule has 6 rings (SSSR count). The number of ether oxygens (including phenoxy) is 1. The van der Waals surface area contributed by atoms with Crippen molar-refractivity contribution < 1.29 is 23.4 Å². The lowest BCUT2D eigenvalue weighted by atomic mass is 9.81. The molecule has 0 fully saturated rings. The molecule has 7 nitrogen and oxygen atoms in total. The number of hydrogen-bond acceptors (Lipinski definition) is 5. The summed E-state index contributed by atoms with van der Waals surface area (Å²) in [5.41, 5.74) is 0.621. The molecule has 0 unspecified atom stereocenters. The lowest BCUT2D eigenvalue weighted by molar-refractivity contribution is 0.0579. The Bertz CT molecular complexity index is 1380. The second-order valence-electron chi connectivity index (χ2n) is 9.23. The van der Waals surface area contributed by atoms with E-state index in [-0.39, 0.29) is 43.1 Å². The van der Waals surface area contributed by atoms with Crippen molar-refractivity contribution in [2.75, 3.05) is 31.9 Å². The molecule has 3 aliphatic rings. The van der Waals surface area contributed by atoms with Gasteiger partial charge in [-0.3, -0.25) is 19.3 Å². The van der Waals surface area contributed by atoms with E-state index in [1.54, 1.807) is 12.1 Å². The minimum Gasteiger partial charge on any atom is -0.502 e. The first kappa shape index (κ1) is 21.8. The number of rotatable bonds is 4. The average Bonchev–Trinajstić information content (AvgIpc) is 3.35. The van der Waals surface area contributed by atoms with Crippen molar-refractivity contribution in [1.82, 2.24) is 9.58 Å². The summed E-state index contributed by atoms with van der Waals surface area (Å²) in [5, 5.41) is 12.5. The first-order valence-corrected chi connectivity index (χ1v) is 11.5. The molecular weight excluding hydrogens is 456 g/mol. The number of carbonyl (C=O) groups is 1. The maximum atomic E-state index is 15.0. The average molecular weight is 479 g/mol. The van der Waals surface area contributed by atoms with Gasteiger partial charge >= 0.3 is 0 Å². The van der Waals surface area contributed by atoms with Crippen LogP contribution in [0.25, 0.3) is 0 Å². The van der Waals surface area contributed by atoms with Crippen molar-refractivity contribution in [2.24, 2.45) is 5.92 Å². The molecule has 0 saturated heterocycles. The monoisotopic (exact) mass is 479 g/mol. The van der Waals surface area contributed by atoms with E-state index in [4.69, 9.17) is 4.74 Å². The lowest BCUT2D eigenvalue weighted by Crippen LogP contribution is -2.63. The predicted molar refractivity (Wildman–Crippen MR) is 123 cm³/mol. The summed E-state index contributed by atoms with van der Waals surface area (Å²) in [6, 6.07) is 11.0. The van der Waals surface area contributed by atoms with E-state index < -0.39 is 22.6 Å². The van der Waals surface area contributed by atoms with E-state index in [2.05, 4.69) is 0 Å². The van der Waals surface area contributed by atoms with Gasteiger partial charge < -0.3 is 14.7 Å². The van der Waals surface area contributed by atoms with Gasteiger partial charge in [0.15, 0.2) is 11.4 Å². The molecular formula is C26H23F2N3O4. The van der Waals surface area contributed by atoms with Crippen LogP contribution in [0.1, 0.15) is 32.7 Å². The largest absolute Gasteiger partial charge is 0.502 e. The van der Waals surface area contributed by atoms with Gasteiger partial charge in [-0.15, -0.1) is 0 Å². The summed E-state index contributed by atoms with van der Waals surface area (Å²) in [6.07, 6.45) is 2.23. The number of aromatic hydroxyl groups is 1. The molecule has 2 heterocycles. The Balaban J connectivity index is 1.67. The van der Waals surface area contributed by atoms with Gasteiger partial charge in [-0.2, -0.15) is 0 Å². The van der Waals surface area contributed by atoms with E-state index >= 15 is 8.78 Å². The smallest absolute Gasteiger partial charge is 0.277 e. The molecule has 35 heavy (non-hydrogen) atoms. The fourth-order valence-corrected chi connectivity index (χ4v) is 6.20. The summed E-state index contributed by atoms with van der Waals surface area (Å²) < 4.78 is 36.8. The molecule has 3 aromatic rings. The van der Waals surface area contributed by atoms with Crippen LogP contribution >= 0.6 is 0 Å². The first-order chi connectivity index (χ1) is 16.9. The third-order valence-electron chi connectivity index (χ3n) is 7.63. The van der Waals surface area contributed by atoms with Gasteiger partial charge in [0.2, 0.25) is 5.43 Å². The van der Waals surface area contributed by atoms with E-state index in [1.807, 2.05) is 17.1 Å². The van der Waals surface area contributed by atoms with Crippen molar-refractivity contribution in [3.63, 3.8) is 0 Å². The number of amides is 1. The Morgan fingerprint density at radius 3 is 2.26 bits per heavy atom. The topological polar surface area (TPSA) is 75.0 Å². The normalized spacial score (nSPS) is 22.1. The van der Waals surface area contributed by atoms with Gasteiger partial charge in [0.25, 0.3) is 5.91 Å². The van der Waals surface area contributed by atoms with Crippen LogP contribution in [0, 0.1) is 17.6 Å². The third kappa shape index (κ3) is 2.78. The molecule has 0 spiro atoms. The van der Waals surface area contributed by atoms with Crippen LogP contribution in [0.2, 0.25) is 0 Å². The SMILES string of the molecule is COCCN1CN(C23c4cccc(F)c4CC2Cc2c(F)cccc23)n2ccc(=O)c(O)c2C1=O. The van der Waals surface area contributed by atoms with Crippen molar-refractivity contribution >= 4 is 5.91 Å². The Morgan fingerprint density at radius 2 is 1.66 bits per heavy atom. The maximum absolute atomic E-state index is 15.0. The first-order valence-electron chi connectivity index (χ1n) is 11.5. The van der Waals surface area contributed by atoms with Gasteiger partial charge in [0.1, 0.15) is 23.8 Å². The number of aromatic nitrogens is 1. The number of pyridine rings is 1. The Hall–Kier alpha value is -3.72. The Morgan fingerprint density at radius 1 is 1.03 bits per heavy atom. The minimum atomic E-state index is -1.02. The van der Waals surface area contributed by atoms with Crippen molar-refractivity contribution in [1.29, 1.82) is 0 Å². The second kappa shape index (κ2) is 7.64. The van der Waals surface area contributed by atoms with Crippen LogP contribution in [0.4, 0.5) is 8.78 Å². The third-order valence-corrected chi connectivity index (χ3v) is 7.63. The molecule has 1 N–H and O–H groups in total. The second-order valence-corrected chi connectivity index (χ2v) is 9.23. The van der Waals surface area contributed by atoms with Crippen LogP contribution in [-0.2, 0) is 23.1 Å². The number of benzene rings is 2. The zero-order chi connectivity index (χ0) is 24.5. The van der Waals surface area contributed by atoms with Crippen LogP contribution in [0.3, 0.4) is 0 Å². The highest BCUT2D eigenvalue weighted by Gasteiger charge is 2.59. The lowest BCUT2D eigenvalue weighted by Gasteiger charge is -2.50. The molecule has 9 heteroatoms. The fourth-order valence-electron chi connectivity index (χ4n) is 6.20. The summed E-state index contributed by atoms with van der Waals surface area (Å²) in [6.45, 7) is 0.519. The van der Waals surface area contributed by atoms with Crippen molar-refractivity contribution in [3.8, 4) is 5.75 Å². The van der Waals surface area contributed by atoms with Crippen LogP contribution in [0.15, 0.2) is 53.5 Å². The number of nitrogens with zero attached hydrogens (tertiary/aromatic N) is 3. The molecule has 0 atom stereocenters. The molecule has 0 radical (unpaired) electrons. The molecule has 1 aromatic heterocycles. The van der Waals surface area contributed by atoms with Crippen LogP contribution in [-0.4, -0.2) is 47.5 Å². The van der Waals surface area contributed by atoms with E-state index in [0.717, 1.165) is 0 Å². The standard InChI is InChI=1S/C26H23F2N3O4/c1-35-11-10-29-14-31(30-9-8-22(32)24(33)23(30)25(29)34)26-15(12-16-18(26)4-2-6-20(16)27)13-17-19(26)5-3-7-21(17)28/h2-9,15,33H,10-14H2,1H3. The van der Waals surface area contributed by atoms with Gasteiger partial charge in [0, 0.05) is 31.8 Å². The molecule has 2 aromatic carbocycles. The van der Waals surface area contributed by atoms with Crippen molar-refractivity contribution in [3.05, 3.63) is 98.5 Å². The highest BCUT2D eigenvalue weighted by atomic mass is 19.1. The highest BCUT2D eigenvalue weighted by Crippen LogP contribution is 2.57. The molecule has 0 saturated carbocycles. The van der Waals surface area contributed by atoms with Gasteiger partial charge in [-0.05, 0) is 47.2 Å². The van der Waals surface area contributed by atoms with Crippen LogP contribution in [0.5, 0.6) is 5.75 Å².